The number of hydrogen-bond acceptors (Lipinski definition) is 3. The largest absolute Gasteiger partial charge is 0.394 e. The van der Waals surface area contributed by atoms with E-state index in [4.69, 9.17) is 9.84 Å². The van der Waals surface area contributed by atoms with Crippen LogP contribution < -0.4 is 10.6 Å². The standard InChI is InChI=1S/C12H15F3N2O3/c13-9-6-8(7-10(14)11(9)15)17-12(19)16-2-1-4-20-5-3-18/h6-7,18H,1-5H2,(H2,16,17,19). The first-order valence-corrected chi connectivity index (χ1v) is 5.92. The van der Waals surface area contributed by atoms with Gasteiger partial charge in [-0.1, -0.05) is 0 Å². The first-order valence-electron chi connectivity index (χ1n) is 5.92. The fourth-order valence-electron chi connectivity index (χ4n) is 1.35. The minimum atomic E-state index is -1.59. The SMILES string of the molecule is O=C(NCCCOCCO)Nc1cc(F)c(F)c(F)c1. The van der Waals surface area contributed by atoms with E-state index in [1.54, 1.807) is 0 Å². The molecule has 0 saturated carbocycles. The number of anilines is 1. The van der Waals surface area contributed by atoms with Gasteiger partial charge in [0.25, 0.3) is 0 Å². The molecular formula is C12H15F3N2O3. The highest BCUT2D eigenvalue weighted by atomic mass is 19.2. The molecule has 0 aliphatic carbocycles. The zero-order chi connectivity index (χ0) is 15.0. The molecule has 2 amide bonds. The summed E-state index contributed by atoms with van der Waals surface area (Å²) < 4.78 is 43.4. The van der Waals surface area contributed by atoms with Crippen molar-refractivity contribution in [3.8, 4) is 0 Å². The highest BCUT2D eigenvalue weighted by molar-refractivity contribution is 5.89. The average molecular weight is 292 g/mol. The Hall–Kier alpha value is -1.80. The van der Waals surface area contributed by atoms with E-state index >= 15 is 0 Å². The molecule has 5 nitrogen and oxygen atoms in total. The molecule has 0 fully saturated rings. The molecule has 0 aliphatic rings. The van der Waals surface area contributed by atoms with Crippen LogP contribution in [0.15, 0.2) is 12.1 Å². The number of rotatable bonds is 7. The van der Waals surface area contributed by atoms with Crippen LogP contribution in [0.1, 0.15) is 6.42 Å². The molecular weight excluding hydrogens is 277 g/mol. The summed E-state index contributed by atoms with van der Waals surface area (Å²) in [7, 11) is 0. The highest BCUT2D eigenvalue weighted by Crippen LogP contribution is 2.17. The molecule has 0 unspecified atom stereocenters. The summed E-state index contributed by atoms with van der Waals surface area (Å²) >= 11 is 0. The van der Waals surface area contributed by atoms with Gasteiger partial charge in [0.1, 0.15) is 0 Å². The molecule has 0 aliphatic heterocycles. The molecule has 1 rings (SSSR count). The molecule has 20 heavy (non-hydrogen) atoms. The van der Waals surface area contributed by atoms with Crippen LogP contribution in [-0.2, 0) is 4.74 Å². The minimum absolute atomic E-state index is 0.0738. The fourth-order valence-corrected chi connectivity index (χ4v) is 1.35. The molecule has 112 valence electrons. The van der Waals surface area contributed by atoms with Crippen LogP contribution in [0, 0.1) is 17.5 Å². The number of aliphatic hydroxyl groups is 1. The third-order valence-electron chi connectivity index (χ3n) is 2.23. The maximum absolute atomic E-state index is 12.9. The van der Waals surface area contributed by atoms with Gasteiger partial charge in [-0.2, -0.15) is 0 Å². The van der Waals surface area contributed by atoms with E-state index in [2.05, 4.69) is 10.6 Å². The van der Waals surface area contributed by atoms with Crippen molar-refractivity contribution < 1.29 is 27.8 Å². The second-order valence-electron chi connectivity index (χ2n) is 3.82. The Morgan fingerprint density at radius 1 is 1.20 bits per heavy atom. The molecule has 0 heterocycles. The summed E-state index contributed by atoms with van der Waals surface area (Å²) in [6, 6.07) is 0.697. The lowest BCUT2D eigenvalue weighted by Gasteiger charge is -2.08. The van der Waals surface area contributed by atoms with Gasteiger partial charge in [-0.05, 0) is 6.42 Å². The third-order valence-corrected chi connectivity index (χ3v) is 2.23. The summed E-state index contributed by atoms with van der Waals surface area (Å²) in [4.78, 5) is 11.4. The Balaban J connectivity index is 2.32. The van der Waals surface area contributed by atoms with E-state index in [1.165, 1.54) is 0 Å². The van der Waals surface area contributed by atoms with Crippen molar-refractivity contribution in [2.45, 2.75) is 6.42 Å². The Morgan fingerprint density at radius 2 is 1.85 bits per heavy atom. The number of halogens is 3. The number of benzene rings is 1. The average Bonchev–Trinajstić information content (AvgIpc) is 2.40. The van der Waals surface area contributed by atoms with Crippen LogP contribution >= 0.6 is 0 Å². The lowest BCUT2D eigenvalue weighted by Crippen LogP contribution is -2.30. The summed E-state index contributed by atoms with van der Waals surface area (Å²) in [6.07, 6.45) is 0.513. The lowest BCUT2D eigenvalue weighted by molar-refractivity contribution is 0.0910. The Morgan fingerprint density at radius 3 is 2.45 bits per heavy atom. The van der Waals surface area contributed by atoms with Crippen LogP contribution in [0.25, 0.3) is 0 Å². The second-order valence-corrected chi connectivity index (χ2v) is 3.82. The van der Waals surface area contributed by atoms with Crippen LogP contribution in [0.3, 0.4) is 0 Å². The van der Waals surface area contributed by atoms with Crippen LogP contribution in [-0.4, -0.2) is 37.5 Å². The van der Waals surface area contributed by atoms with Gasteiger partial charge >= 0.3 is 6.03 Å². The first kappa shape index (κ1) is 16.3. The number of urea groups is 1. The molecule has 1 aromatic rings. The monoisotopic (exact) mass is 292 g/mol. The molecule has 0 radical (unpaired) electrons. The second kappa shape index (κ2) is 8.39. The van der Waals surface area contributed by atoms with E-state index in [9.17, 15) is 18.0 Å². The van der Waals surface area contributed by atoms with Crippen molar-refractivity contribution in [2.24, 2.45) is 0 Å². The predicted octanol–water partition coefficient (Wildman–Crippen LogP) is 1.62. The topological polar surface area (TPSA) is 70.6 Å². The number of ether oxygens (including phenoxy) is 1. The van der Waals surface area contributed by atoms with Gasteiger partial charge in [0.05, 0.1) is 13.2 Å². The van der Waals surface area contributed by atoms with E-state index in [0.29, 0.717) is 25.2 Å². The van der Waals surface area contributed by atoms with Gasteiger partial charge < -0.3 is 20.5 Å². The third kappa shape index (κ3) is 5.45. The fraction of sp³-hybridized carbons (Fsp3) is 0.417. The zero-order valence-electron chi connectivity index (χ0n) is 10.6. The molecule has 0 aromatic heterocycles. The Bertz CT molecular complexity index is 435. The van der Waals surface area contributed by atoms with Crippen LogP contribution in [0.2, 0.25) is 0 Å². The van der Waals surface area contributed by atoms with Crippen molar-refractivity contribution in [1.82, 2.24) is 5.32 Å². The van der Waals surface area contributed by atoms with Gasteiger partial charge in [0.15, 0.2) is 17.5 Å². The highest BCUT2D eigenvalue weighted by Gasteiger charge is 2.11. The Kier molecular flexibility index (Phi) is 6.82. The number of carbonyl (C=O) groups is 1. The van der Waals surface area contributed by atoms with Gasteiger partial charge in [-0.25, -0.2) is 18.0 Å². The van der Waals surface area contributed by atoms with Gasteiger partial charge in [0, 0.05) is 31.0 Å². The minimum Gasteiger partial charge on any atom is -0.394 e. The van der Waals surface area contributed by atoms with E-state index < -0.39 is 23.5 Å². The van der Waals surface area contributed by atoms with Crippen molar-refractivity contribution in [3.63, 3.8) is 0 Å². The van der Waals surface area contributed by atoms with Crippen LogP contribution in [0.5, 0.6) is 0 Å². The molecule has 1 aromatic carbocycles. The van der Waals surface area contributed by atoms with Crippen molar-refractivity contribution in [3.05, 3.63) is 29.6 Å². The van der Waals surface area contributed by atoms with Gasteiger partial charge in [-0.15, -0.1) is 0 Å². The smallest absolute Gasteiger partial charge is 0.319 e. The quantitative estimate of drug-likeness (QED) is 0.528. The predicted molar refractivity (Wildman–Crippen MR) is 65.9 cm³/mol. The molecule has 0 saturated heterocycles. The molecule has 0 bridgehead atoms. The normalized spacial score (nSPS) is 10.4. The maximum Gasteiger partial charge on any atom is 0.319 e. The molecule has 3 N–H and O–H groups in total. The summed E-state index contributed by atoms with van der Waals surface area (Å²) in [5.74, 6) is -4.34. The summed E-state index contributed by atoms with van der Waals surface area (Å²) in [6.45, 7) is 0.792. The number of amides is 2. The maximum atomic E-state index is 12.9. The van der Waals surface area contributed by atoms with E-state index in [-0.39, 0.29) is 25.4 Å². The Labute approximate surface area is 113 Å². The van der Waals surface area contributed by atoms with Crippen molar-refractivity contribution >= 4 is 11.7 Å². The number of hydrogen-bond donors (Lipinski definition) is 3. The van der Waals surface area contributed by atoms with E-state index in [0.717, 1.165) is 0 Å². The molecule has 0 spiro atoms. The lowest BCUT2D eigenvalue weighted by atomic mass is 10.3. The van der Waals surface area contributed by atoms with Gasteiger partial charge in [-0.3, -0.25) is 0 Å². The number of aliphatic hydroxyl groups excluding tert-OH is 1. The summed E-state index contributed by atoms with van der Waals surface area (Å²) in [5, 5.41) is 13.1. The van der Waals surface area contributed by atoms with E-state index in [1.807, 2.05) is 0 Å². The summed E-state index contributed by atoms with van der Waals surface area (Å²) in [5.41, 5.74) is -0.185. The van der Waals surface area contributed by atoms with Gasteiger partial charge in [0.2, 0.25) is 0 Å². The van der Waals surface area contributed by atoms with Crippen molar-refractivity contribution in [2.75, 3.05) is 31.7 Å². The number of carbonyl (C=O) groups excluding carboxylic acids is 1. The van der Waals surface area contributed by atoms with Crippen molar-refractivity contribution in [1.29, 1.82) is 0 Å². The van der Waals surface area contributed by atoms with Crippen LogP contribution in [0.4, 0.5) is 23.7 Å². The first-order chi connectivity index (χ1) is 9.54. The zero-order valence-corrected chi connectivity index (χ0v) is 10.6. The number of nitrogens with one attached hydrogen (secondary N) is 2. The molecule has 0 atom stereocenters. The molecule has 8 heteroatoms.